The number of aliphatic hydroxyl groups excluding tert-OH is 1. The van der Waals surface area contributed by atoms with Gasteiger partial charge in [0, 0.05) is 31.7 Å². The second kappa shape index (κ2) is 9.26. The van der Waals surface area contributed by atoms with Gasteiger partial charge in [0.2, 0.25) is 5.91 Å². The molecule has 1 N–H and O–H groups in total. The van der Waals surface area contributed by atoms with E-state index < -0.39 is 12.1 Å². The first-order chi connectivity index (χ1) is 16.0. The van der Waals surface area contributed by atoms with Gasteiger partial charge < -0.3 is 19.6 Å². The van der Waals surface area contributed by atoms with E-state index in [0.717, 1.165) is 57.3 Å². The molecular formula is C26H37N3O4. The van der Waals surface area contributed by atoms with E-state index in [9.17, 15) is 14.7 Å². The number of likely N-dealkylation sites (tertiary alicyclic amines) is 1. The van der Waals surface area contributed by atoms with Crippen molar-refractivity contribution < 1.29 is 19.4 Å². The standard InChI is InChI=1S/C26H37N3O4/c1-19-24(31)29-21(10-14-27-15-13-26(11-12-26)23(30)17-27)8-5-9-22(29)16-28(19)25(32)33-18-20-6-3-2-4-7-20/h2-4,6-7,19,21-23,30H,5,8-18H2,1H3/t19-,21?,22+,23+/m0/s1. The van der Waals surface area contributed by atoms with E-state index in [1.807, 2.05) is 37.3 Å². The molecule has 2 amide bonds. The van der Waals surface area contributed by atoms with E-state index in [1.54, 1.807) is 4.90 Å². The average Bonchev–Trinajstić information content (AvgIpc) is 3.62. The highest BCUT2D eigenvalue weighted by atomic mass is 16.6. The molecule has 4 atom stereocenters. The Balaban J connectivity index is 1.16. The lowest BCUT2D eigenvalue weighted by molar-refractivity contribution is -0.150. The highest BCUT2D eigenvalue weighted by Gasteiger charge is 2.51. The van der Waals surface area contributed by atoms with Gasteiger partial charge in [-0.15, -0.1) is 0 Å². The van der Waals surface area contributed by atoms with Crippen LogP contribution in [0.3, 0.4) is 0 Å². The quantitative estimate of drug-likeness (QED) is 0.739. The number of hydrogen-bond acceptors (Lipinski definition) is 5. The fraction of sp³-hybridized carbons (Fsp3) is 0.692. The van der Waals surface area contributed by atoms with Crippen LogP contribution in [0.4, 0.5) is 4.79 Å². The molecule has 3 aliphatic heterocycles. The minimum atomic E-state index is -0.503. The number of β-amino-alcohol motifs (C(OH)–C–C–N with tert-alkyl or cyclic N) is 1. The van der Waals surface area contributed by atoms with Gasteiger partial charge in [-0.05, 0) is 69.4 Å². The van der Waals surface area contributed by atoms with Gasteiger partial charge in [-0.25, -0.2) is 4.79 Å². The Morgan fingerprint density at radius 2 is 1.94 bits per heavy atom. The molecule has 1 aromatic carbocycles. The van der Waals surface area contributed by atoms with Gasteiger partial charge in [0.25, 0.3) is 0 Å². The van der Waals surface area contributed by atoms with Gasteiger partial charge in [-0.3, -0.25) is 9.69 Å². The number of hydrogen-bond donors (Lipinski definition) is 1. The van der Waals surface area contributed by atoms with Gasteiger partial charge in [-0.1, -0.05) is 30.3 Å². The van der Waals surface area contributed by atoms with Crippen LogP contribution in [0.2, 0.25) is 0 Å². The molecule has 3 saturated heterocycles. The summed E-state index contributed by atoms with van der Waals surface area (Å²) in [5, 5.41) is 10.5. The van der Waals surface area contributed by atoms with Crippen LogP contribution >= 0.6 is 0 Å². The van der Waals surface area contributed by atoms with Crippen LogP contribution in [0, 0.1) is 5.41 Å². The molecule has 1 saturated carbocycles. The smallest absolute Gasteiger partial charge is 0.410 e. The summed E-state index contributed by atoms with van der Waals surface area (Å²) in [7, 11) is 0. The maximum atomic E-state index is 13.4. The Morgan fingerprint density at radius 1 is 1.15 bits per heavy atom. The van der Waals surface area contributed by atoms with Crippen LogP contribution in [-0.2, 0) is 16.1 Å². The maximum Gasteiger partial charge on any atom is 0.410 e. The van der Waals surface area contributed by atoms with Crippen molar-refractivity contribution in [2.24, 2.45) is 5.41 Å². The third kappa shape index (κ3) is 4.62. The van der Waals surface area contributed by atoms with Gasteiger partial charge in [0.1, 0.15) is 12.6 Å². The van der Waals surface area contributed by atoms with Gasteiger partial charge in [0.15, 0.2) is 0 Å². The van der Waals surface area contributed by atoms with E-state index >= 15 is 0 Å². The molecule has 7 nitrogen and oxygen atoms in total. The molecule has 4 fully saturated rings. The topological polar surface area (TPSA) is 73.3 Å². The number of carbonyl (C=O) groups is 2. The lowest BCUT2D eigenvalue weighted by Crippen LogP contribution is -2.66. The van der Waals surface area contributed by atoms with Crippen molar-refractivity contribution in [2.45, 2.75) is 82.7 Å². The molecule has 5 rings (SSSR count). The predicted molar refractivity (Wildman–Crippen MR) is 124 cm³/mol. The molecular weight excluding hydrogens is 418 g/mol. The number of aliphatic hydroxyl groups is 1. The van der Waals surface area contributed by atoms with Gasteiger partial charge >= 0.3 is 6.09 Å². The number of rotatable bonds is 5. The first-order valence-electron chi connectivity index (χ1n) is 12.7. The average molecular weight is 456 g/mol. The molecule has 1 aliphatic carbocycles. The largest absolute Gasteiger partial charge is 0.445 e. The molecule has 1 aromatic rings. The number of benzene rings is 1. The van der Waals surface area contributed by atoms with Crippen LogP contribution in [0.5, 0.6) is 0 Å². The summed E-state index contributed by atoms with van der Waals surface area (Å²) < 4.78 is 5.54. The van der Waals surface area contributed by atoms with E-state index in [0.29, 0.717) is 6.54 Å². The number of nitrogens with zero attached hydrogens (tertiary/aromatic N) is 3. The summed E-state index contributed by atoms with van der Waals surface area (Å²) in [6, 6.07) is 9.41. The molecule has 4 aliphatic rings. The van der Waals surface area contributed by atoms with Crippen LogP contribution in [0.15, 0.2) is 30.3 Å². The molecule has 0 bridgehead atoms. The zero-order chi connectivity index (χ0) is 23.0. The van der Waals surface area contributed by atoms with Crippen molar-refractivity contribution in [3.8, 4) is 0 Å². The summed E-state index contributed by atoms with van der Waals surface area (Å²) in [6.07, 6.45) is 6.82. The first-order valence-corrected chi connectivity index (χ1v) is 12.7. The van der Waals surface area contributed by atoms with E-state index in [-0.39, 0.29) is 36.1 Å². The molecule has 1 unspecified atom stereocenters. The molecule has 3 heterocycles. The summed E-state index contributed by atoms with van der Waals surface area (Å²) in [5.74, 6) is 0.0447. The van der Waals surface area contributed by atoms with Crippen molar-refractivity contribution in [3.63, 3.8) is 0 Å². The Hall–Kier alpha value is -2.12. The molecule has 180 valence electrons. The molecule has 0 radical (unpaired) electrons. The minimum Gasteiger partial charge on any atom is -0.445 e. The summed E-state index contributed by atoms with van der Waals surface area (Å²) in [4.78, 5) is 32.3. The fourth-order valence-electron chi connectivity index (χ4n) is 6.11. The lowest BCUT2D eigenvalue weighted by Gasteiger charge is -2.50. The lowest BCUT2D eigenvalue weighted by atomic mass is 9.88. The van der Waals surface area contributed by atoms with Crippen LogP contribution in [-0.4, -0.2) is 82.2 Å². The summed E-state index contributed by atoms with van der Waals surface area (Å²) >= 11 is 0. The van der Waals surface area contributed by atoms with E-state index in [1.165, 1.54) is 12.8 Å². The fourth-order valence-corrected chi connectivity index (χ4v) is 6.11. The monoisotopic (exact) mass is 455 g/mol. The number of fused-ring (bicyclic) bond motifs is 1. The van der Waals surface area contributed by atoms with Crippen molar-refractivity contribution in [1.82, 2.24) is 14.7 Å². The zero-order valence-electron chi connectivity index (χ0n) is 19.7. The van der Waals surface area contributed by atoms with Gasteiger partial charge in [-0.2, -0.15) is 0 Å². The van der Waals surface area contributed by atoms with Crippen molar-refractivity contribution in [1.29, 1.82) is 0 Å². The Labute approximate surface area is 196 Å². The first kappa shape index (κ1) is 22.7. The van der Waals surface area contributed by atoms with Crippen LogP contribution in [0.25, 0.3) is 0 Å². The highest BCUT2D eigenvalue weighted by molar-refractivity contribution is 5.87. The van der Waals surface area contributed by atoms with E-state index in [4.69, 9.17) is 4.74 Å². The minimum absolute atomic E-state index is 0.0447. The SMILES string of the molecule is C[C@H]1C(=O)N2C(CCN3CCC4(CC4)[C@H](O)C3)CCC[C@@H]2CN1C(=O)OCc1ccccc1. The Kier molecular flexibility index (Phi) is 6.36. The van der Waals surface area contributed by atoms with E-state index in [2.05, 4.69) is 9.80 Å². The molecule has 7 heteroatoms. The number of amides is 2. The normalized spacial score (nSPS) is 31.4. The summed E-state index contributed by atoms with van der Waals surface area (Å²) in [6.45, 7) is 5.33. The number of carbonyl (C=O) groups excluding carboxylic acids is 2. The predicted octanol–water partition coefficient (Wildman–Crippen LogP) is 3.01. The Morgan fingerprint density at radius 3 is 2.67 bits per heavy atom. The third-order valence-electron chi connectivity index (χ3n) is 8.52. The second-order valence-electron chi connectivity index (χ2n) is 10.6. The molecule has 1 spiro atoms. The zero-order valence-corrected chi connectivity index (χ0v) is 19.7. The van der Waals surface area contributed by atoms with Crippen LogP contribution in [0.1, 0.15) is 57.4 Å². The third-order valence-corrected chi connectivity index (χ3v) is 8.52. The maximum absolute atomic E-state index is 13.4. The number of ether oxygens (including phenoxy) is 1. The van der Waals surface area contributed by atoms with Crippen molar-refractivity contribution in [2.75, 3.05) is 26.2 Å². The number of piperidine rings is 2. The van der Waals surface area contributed by atoms with Crippen molar-refractivity contribution in [3.05, 3.63) is 35.9 Å². The molecule has 33 heavy (non-hydrogen) atoms. The van der Waals surface area contributed by atoms with Crippen LogP contribution < -0.4 is 0 Å². The molecule has 0 aromatic heterocycles. The Bertz CT molecular complexity index is 858. The number of piperazine rings is 1. The second-order valence-corrected chi connectivity index (χ2v) is 10.6. The van der Waals surface area contributed by atoms with Crippen molar-refractivity contribution >= 4 is 12.0 Å². The van der Waals surface area contributed by atoms with Gasteiger partial charge in [0.05, 0.1) is 6.10 Å². The summed E-state index contributed by atoms with van der Waals surface area (Å²) in [5.41, 5.74) is 1.17. The highest BCUT2D eigenvalue weighted by Crippen LogP contribution is 2.53.